The molecule has 1 saturated carbocycles. The van der Waals surface area contributed by atoms with Crippen molar-refractivity contribution < 1.29 is 9.59 Å². The molecule has 16 heavy (non-hydrogen) atoms. The zero-order valence-electron chi connectivity index (χ0n) is 9.57. The number of hydrogen-bond donors (Lipinski definition) is 1. The maximum Gasteiger partial charge on any atom is 0.324 e. The molecule has 1 aliphatic carbocycles. The van der Waals surface area contributed by atoms with Crippen molar-refractivity contribution in [2.24, 2.45) is 0 Å². The average molecular weight is 242 g/mol. The van der Waals surface area contributed by atoms with E-state index < -0.39 is 0 Å². The fourth-order valence-electron chi connectivity index (χ4n) is 2.54. The molecule has 0 bridgehead atoms. The Bertz CT molecular complexity index is 296. The van der Waals surface area contributed by atoms with E-state index in [1.807, 2.05) is 16.7 Å². The molecule has 0 radical (unpaired) electrons. The van der Waals surface area contributed by atoms with Gasteiger partial charge in [0.25, 0.3) is 0 Å². The molecule has 0 aromatic carbocycles. The molecule has 2 atom stereocenters. The number of nitrogens with zero attached hydrogens (tertiary/aromatic N) is 1. The molecule has 4 nitrogen and oxygen atoms in total. The van der Waals surface area contributed by atoms with E-state index in [0.29, 0.717) is 24.3 Å². The first-order valence-electron chi connectivity index (χ1n) is 5.84. The Balaban J connectivity index is 1.96. The number of carbonyl (C=O) groups excluding carboxylic acids is 2. The van der Waals surface area contributed by atoms with E-state index in [9.17, 15) is 9.59 Å². The fraction of sp³-hybridized carbons (Fsp3) is 0.818. The molecular weight excluding hydrogens is 224 g/mol. The van der Waals surface area contributed by atoms with E-state index in [1.54, 1.807) is 0 Å². The average Bonchev–Trinajstić information content (AvgIpc) is 2.29. The summed E-state index contributed by atoms with van der Waals surface area (Å²) in [5.74, 6) is -0.140. The Hall–Kier alpha value is -0.710. The Labute approximate surface area is 100 Å². The van der Waals surface area contributed by atoms with Crippen LogP contribution in [0.1, 0.15) is 32.1 Å². The smallest absolute Gasteiger partial charge is 0.321 e. The van der Waals surface area contributed by atoms with Crippen molar-refractivity contribution in [3.63, 3.8) is 0 Å². The molecule has 1 heterocycles. The van der Waals surface area contributed by atoms with Crippen LogP contribution in [0.3, 0.4) is 0 Å². The van der Waals surface area contributed by atoms with Gasteiger partial charge in [-0.05, 0) is 25.5 Å². The lowest BCUT2D eigenvalue weighted by atomic mass is 9.93. The number of urea groups is 1. The van der Waals surface area contributed by atoms with Crippen molar-refractivity contribution in [1.82, 2.24) is 10.2 Å². The summed E-state index contributed by atoms with van der Waals surface area (Å²) < 4.78 is 0. The van der Waals surface area contributed by atoms with Gasteiger partial charge in [0.05, 0.1) is 0 Å². The number of amides is 3. The molecule has 5 heteroatoms. The van der Waals surface area contributed by atoms with Crippen LogP contribution in [0.15, 0.2) is 0 Å². The van der Waals surface area contributed by atoms with Crippen molar-refractivity contribution in [1.29, 1.82) is 0 Å². The van der Waals surface area contributed by atoms with Crippen molar-refractivity contribution in [2.45, 2.75) is 43.4 Å². The number of nitrogens with one attached hydrogen (secondary N) is 1. The van der Waals surface area contributed by atoms with Crippen LogP contribution >= 0.6 is 11.8 Å². The Morgan fingerprint density at radius 1 is 1.38 bits per heavy atom. The lowest BCUT2D eigenvalue weighted by Crippen LogP contribution is -2.54. The second-order valence-electron chi connectivity index (χ2n) is 4.47. The normalized spacial score (nSPS) is 31.4. The van der Waals surface area contributed by atoms with Crippen molar-refractivity contribution in [3.8, 4) is 0 Å². The predicted octanol–water partition coefficient (Wildman–Crippen LogP) is 1.60. The van der Waals surface area contributed by atoms with Crippen LogP contribution in [0.25, 0.3) is 0 Å². The highest BCUT2D eigenvalue weighted by molar-refractivity contribution is 7.99. The van der Waals surface area contributed by atoms with Gasteiger partial charge in [0.15, 0.2) is 0 Å². The lowest BCUT2D eigenvalue weighted by molar-refractivity contribution is -0.121. The Morgan fingerprint density at radius 2 is 2.19 bits per heavy atom. The first kappa shape index (κ1) is 11.8. The lowest BCUT2D eigenvalue weighted by Gasteiger charge is -2.38. The summed E-state index contributed by atoms with van der Waals surface area (Å²) >= 11 is 1.89. The summed E-state index contributed by atoms with van der Waals surface area (Å²) in [4.78, 5) is 24.6. The van der Waals surface area contributed by atoms with Gasteiger partial charge in [-0.15, -0.1) is 0 Å². The van der Waals surface area contributed by atoms with E-state index in [-0.39, 0.29) is 11.9 Å². The van der Waals surface area contributed by atoms with Gasteiger partial charge in [0, 0.05) is 24.3 Å². The molecule has 1 N–H and O–H groups in total. The minimum atomic E-state index is -0.192. The van der Waals surface area contributed by atoms with Crippen molar-refractivity contribution in [3.05, 3.63) is 0 Å². The van der Waals surface area contributed by atoms with Gasteiger partial charge in [0.2, 0.25) is 5.91 Å². The highest BCUT2D eigenvalue weighted by atomic mass is 32.2. The monoisotopic (exact) mass is 242 g/mol. The van der Waals surface area contributed by atoms with Crippen LogP contribution in [-0.4, -0.2) is 40.9 Å². The van der Waals surface area contributed by atoms with Crippen LogP contribution in [0.4, 0.5) is 4.79 Å². The molecule has 3 amide bonds. The second-order valence-corrected chi connectivity index (χ2v) is 5.61. The highest BCUT2D eigenvalue weighted by Gasteiger charge is 2.32. The van der Waals surface area contributed by atoms with Crippen molar-refractivity contribution in [2.75, 3.05) is 12.8 Å². The predicted molar refractivity (Wildman–Crippen MR) is 64.4 cm³/mol. The molecule has 2 aliphatic rings. The maximum atomic E-state index is 11.7. The van der Waals surface area contributed by atoms with Gasteiger partial charge in [-0.3, -0.25) is 10.1 Å². The first-order chi connectivity index (χ1) is 7.70. The molecule has 0 spiro atoms. The molecule has 1 aliphatic heterocycles. The van der Waals surface area contributed by atoms with Gasteiger partial charge in [0.1, 0.15) is 0 Å². The first-order valence-corrected chi connectivity index (χ1v) is 7.12. The summed E-state index contributed by atoms with van der Waals surface area (Å²) in [6.45, 7) is 0.594. The summed E-state index contributed by atoms with van der Waals surface area (Å²) in [7, 11) is 0. The van der Waals surface area contributed by atoms with E-state index in [4.69, 9.17) is 0 Å². The quantitative estimate of drug-likeness (QED) is 0.800. The van der Waals surface area contributed by atoms with Gasteiger partial charge in [-0.1, -0.05) is 6.42 Å². The third kappa shape index (κ3) is 2.51. The number of hydrogen-bond acceptors (Lipinski definition) is 3. The molecule has 2 unspecified atom stereocenters. The minimum absolute atomic E-state index is 0.140. The van der Waals surface area contributed by atoms with Gasteiger partial charge < -0.3 is 4.90 Å². The van der Waals surface area contributed by atoms with E-state index in [0.717, 1.165) is 12.8 Å². The van der Waals surface area contributed by atoms with Gasteiger partial charge in [-0.2, -0.15) is 11.8 Å². The Kier molecular flexibility index (Phi) is 3.74. The van der Waals surface area contributed by atoms with E-state index in [2.05, 4.69) is 11.6 Å². The number of thioether (sulfide) groups is 1. The maximum absolute atomic E-state index is 11.7. The van der Waals surface area contributed by atoms with Crippen LogP contribution in [0, 0.1) is 0 Å². The topological polar surface area (TPSA) is 49.4 Å². The molecule has 2 fully saturated rings. The highest BCUT2D eigenvalue weighted by Crippen LogP contribution is 2.30. The summed E-state index contributed by atoms with van der Waals surface area (Å²) in [5.41, 5.74) is 0. The van der Waals surface area contributed by atoms with Crippen LogP contribution in [-0.2, 0) is 4.79 Å². The SMILES string of the molecule is CSC1CCCC(N2CCC(=O)NC2=O)C1. The van der Waals surface area contributed by atoms with Crippen LogP contribution < -0.4 is 5.32 Å². The van der Waals surface area contributed by atoms with Crippen LogP contribution in [0.5, 0.6) is 0 Å². The third-order valence-corrected chi connectivity index (χ3v) is 4.55. The Morgan fingerprint density at radius 3 is 2.88 bits per heavy atom. The number of imide groups is 1. The standard InChI is InChI=1S/C11H18N2O2S/c1-16-9-4-2-3-8(7-9)13-6-5-10(14)12-11(13)15/h8-9H,2-7H2,1H3,(H,12,14,15). The molecule has 2 rings (SSSR count). The summed E-state index contributed by atoms with van der Waals surface area (Å²) in [6, 6.07) is 0.141. The van der Waals surface area contributed by atoms with Crippen LogP contribution in [0.2, 0.25) is 0 Å². The molecular formula is C11H18N2O2S. The summed E-state index contributed by atoms with van der Waals surface area (Å²) in [6.07, 6.45) is 7.18. The van der Waals surface area contributed by atoms with Gasteiger partial charge >= 0.3 is 6.03 Å². The largest absolute Gasteiger partial charge is 0.324 e. The fourth-order valence-corrected chi connectivity index (χ4v) is 3.36. The molecule has 1 saturated heterocycles. The summed E-state index contributed by atoms with van der Waals surface area (Å²) in [5, 5.41) is 3.07. The number of rotatable bonds is 2. The van der Waals surface area contributed by atoms with E-state index >= 15 is 0 Å². The molecule has 0 aromatic rings. The molecule has 0 aromatic heterocycles. The number of carbonyl (C=O) groups is 2. The second kappa shape index (κ2) is 5.08. The van der Waals surface area contributed by atoms with E-state index in [1.165, 1.54) is 12.8 Å². The third-order valence-electron chi connectivity index (χ3n) is 3.46. The van der Waals surface area contributed by atoms with Gasteiger partial charge in [-0.25, -0.2) is 4.79 Å². The zero-order chi connectivity index (χ0) is 11.5. The minimum Gasteiger partial charge on any atom is -0.321 e. The van der Waals surface area contributed by atoms with Crippen molar-refractivity contribution >= 4 is 23.7 Å². The zero-order valence-corrected chi connectivity index (χ0v) is 10.4. The molecule has 90 valence electrons.